The van der Waals surface area contributed by atoms with E-state index in [0.717, 1.165) is 25.1 Å². The minimum Gasteiger partial charge on any atom is -0.353 e. The Hall–Kier alpha value is -1.23. The van der Waals surface area contributed by atoms with Crippen molar-refractivity contribution >= 4 is 5.82 Å². The molecular weight excluding hydrogens is 212 g/mol. The van der Waals surface area contributed by atoms with Crippen LogP contribution in [0.4, 0.5) is 14.6 Å². The molecule has 2 rings (SSSR count). The highest BCUT2D eigenvalue weighted by atomic mass is 19.1. The molecule has 3 nitrogen and oxygen atoms in total. The van der Waals surface area contributed by atoms with E-state index in [9.17, 15) is 8.78 Å². The minimum atomic E-state index is -0.662. The van der Waals surface area contributed by atoms with Crippen molar-refractivity contribution in [2.24, 2.45) is 11.7 Å². The molecule has 1 fully saturated rings. The number of likely N-dealkylation sites (N-methyl/N-ethyl adjacent to an activating group) is 1. The van der Waals surface area contributed by atoms with Crippen molar-refractivity contribution in [3.05, 3.63) is 23.9 Å². The van der Waals surface area contributed by atoms with Crippen LogP contribution in [-0.4, -0.2) is 24.6 Å². The number of halogens is 2. The topological polar surface area (TPSA) is 42.2 Å². The second-order valence-corrected chi connectivity index (χ2v) is 4.21. The highest BCUT2D eigenvalue weighted by molar-refractivity contribution is 5.40. The maximum atomic E-state index is 13.5. The molecule has 1 heterocycles. The fraction of sp³-hybridized carbons (Fsp3) is 0.545. The van der Waals surface area contributed by atoms with Crippen LogP contribution in [0.3, 0.4) is 0 Å². The molecule has 0 amide bonds. The molecule has 88 valence electrons. The van der Waals surface area contributed by atoms with Crippen LogP contribution in [0.1, 0.15) is 12.8 Å². The summed E-state index contributed by atoms with van der Waals surface area (Å²) in [6.45, 7) is 0.458. The summed E-state index contributed by atoms with van der Waals surface area (Å²) in [5.74, 6) is -0.614. The van der Waals surface area contributed by atoms with Crippen LogP contribution < -0.4 is 10.6 Å². The van der Waals surface area contributed by atoms with Gasteiger partial charge >= 0.3 is 0 Å². The van der Waals surface area contributed by atoms with Gasteiger partial charge in [0.15, 0.2) is 11.6 Å². The number of pyridine rings is 1. The monoisotopic (exact) mass is 227 g/mol. The first-order chi connectivity index (χ1) is 7.63. The van der Waals surface area contributed by atoms with Gasteiger partial charge in [-0.2, -0.15) is 0 Å². The SMILES string of the molecule is CN(c1ncc(F)cc1F)C(CN)C1CC1. The van der Waals surface area contributed by atoms with Gasteiger partial charge in [0.2, 0.25) is 0 Å². The lowest BCUT2D eigenvalue weighted by molar-refractivity contribution is 0.532. The molecule has 16 heavy (non-hydrogen) atoms. The van der Waals surface area contributed by atoms with E-state index in [2.05, 4.69) is 4.98 Å². The van der Waals surface area contributed by atoms with E-state index >= 15 is 0 Å². The molecule has 1 saturated carbocycles. The predicted molar refractivity (Wildman–Crippen MR) is 58.1 cm³/mol. The van der Waals surface area contributed by atoms with E-state index < -0.39 is 11.6 Å². The second kappa shape index (κ2) is 4.33. The van der Waals surface area contributed by atoms with Gasteiger partial charge in [0.25, 0.3) is 0 Å². The number of rotatable bonds is 4. The van der Waals surface area contributed by atoms with Gasteiger partial charge < -0.3 is 10.6 Å². The van der Waals surface area contributed by atoms with Crippen molar-refractivity contribution in [3.63, 3.8) is 0 Å². The molecule has 1 atom stereocenters. The van der Waals surface area contributed by atoms with E-state index in [1.54, 1.807) is 11.9 Å². The van der Waals surface area contributed by atoms with Gasteiger partial charge in [-0.15, -0.1) is 0 Å². The Morgan fingerprint density at radius 1 is 1.56 bits per heavy atom. The van der Waals surface area contributed by atoms with E-state index in [1.807, 2.05) is 0 Å². The summed E-state index contributed by atoms with van der Waals surface area (Å²) in [4.78, 5) is 5.49. The first kappa shape index (κ1) is 11.3. The Morgan fingerprint density at radius 3 is 2.75 bits per heavy atom. The lowest BCUT2D eigenvalue weighted by Crippen LogP contribution is -2.40. The maximum absolute atomic E-state index is 13.5. The number of anilines is 1. The van der Waals surface area contributed by atoms with Crippen molar-refractivity contribution in [2.45, 2.75) is 18.9 Å². The molecule has 0 aliphatic heterocycles. The van der Waals surface area contributed by atoms with Crippen LogP contribution in [0.25, 0.3) is 0 Å². The van der Waals surface area contributed by atoms with Crippen LogP contribution in [-0.2, 0) is 0 Å². The number of hydrogen-bond donors (Lipinski definition) is 1. The molecule has 1 aliphatic carbocycles. The zero-order valence-corrected chi connectivity index (χ0v) is 9.16. The molecule has 0 spiro atoms. The van der Waals surface area contributed by atoms with Gasteiger partial charge in [-0.1, -0.05) is 0 Å². The van der Waals surface area contributed by atoms with Crippen LogP contribution >= 0.6 is 0 Å². The lowest BCUT2D eigenvalue weighted by Gasteiger charge is -2.28. The van der Waals surface area contributed by atoms with Crippen molar-refractivity contribution in [3.8, 4) is 0 Å². The van der Waals surface area contributed by atoms with Crippen molar-refractivity contribution in [1.82, 2.24) is 4.98 Å². The summed E-state index contributed by atoms with van der Waals surface area (Å²) in [5.41, 5.74) is 5.67. The molecule has 1 aromatic heterocycles. The van der Waals surface area contributed by atoms with Gasteiger partial charge in [-0.05, 0) is 18.8 Å². The number of nitrogens with zero attached hydrogens (tertiary/aromatic N) is 2. The van der Waals surface area contributed by atoms with E-state index in [1.165, 1.54) is 0 Å². The lowest BCUT2D eigenvalue weighted by atomic mass is 10.1. The zero-order valence-electron chi connectivity index (χ0n) is 9.16. The van der Waals surface area contributed by atoms with Gasteiger partial charge in [0, 0.05) is 25.7 Å². The van der Waals surface area contributed by atoms with Gasteiger partial charge in [0.05, 0.1) is 6.20 Å². The van der Waals surface area contributed by atoms with Crippen LogP contribution in [0, 0.1) is 17.6 Å². The Kier molecular flexibility index (Phi) is 3.05. The highest BCUT2D eigenvalue weighted by Gasteiger charge is 2.34. The number of hydrogen-bond acceptors (Lipinski definition) is 3. The van der Waals surface area contributed by atoms with Crippen molar-refractivity contribution in [1.29, 1.82) is 0 Å². The molecule has 0 saturated heterocycles. The summed E-state index contributed by atoms with van der Waals surface area (Å²) < 4.78 is 26.2. The third kappa shape index (κ3) is 2.14. The zero-order chi connectivity index (χ0) is 11.7. The van der Waals surface area contributed by atoms with Crippen molar-refractivity contribution in [2.75, 3.05) is 18.5 Å². The van der Waals surface area contributed by atoms with Crippen molar-refractivity contribution < 1.29 is 8.78 Å². The van der Waals surface area contributed by atoms with Crippen LogP contribution in [0.5, 0.6) is 0 Å². The molecule has 1 aliphatic rings. The van der Waals surface area contributed by atoms with Crippen LogP contribution in [0.2, 0.25) is 0 Å². The van der Waals surface area contributed by atoms with E-state index in [-0.39, 0.29) is 11.9 Å². The first-order valence-corrected chi connectivity index (χ1v) is 5.37. The summed E-state index contributed by atoms with van der Waals surface area (Å²) in [6, 6.07) is 0.937. The normalized spacial score (nSPS) is 17.2. The largest absolute Gasteiger partial charge is 0.353 e. The third-order valence-corrected chi connectivity index (χ3v) is 3.03. The molecular formula is C11H15F2N3. The number of nitrogens with two attached hydrogens (primary N) is 1. The molecule has 2 N–H and O–H groups in total. The fourth-order valence-corrected chi connectivity index (χ4v) is 1.97. The molecule has 0 radical (unpaired) electrons. The summed E-state index contributed by atoms with van der Waals surface area (Å²) in [7, 11) is 1.75. The van der Waals surface area contributed by atoms with Gasteiger partial charge in [0.1, 0.15) is 5.82 Å². The molecule has 0 bridgehead atoms. The average molecular weight is 227 g/mol. The quantitative estimate of drug-likeness (QED) is 0.848. The molecule has 5 heteroatoms. The molecule has 1 aromatic rings. The second-order valence-electron chi connectivity index (χ2n) is 4.21. The Bertz CT molecular complexity index is 379. The number of aromatic nitrogens is 1. The third-order valence-electron chi connectivity index (χ3n) is 3.03. The minimum absolute atomic E-state index is 0.0902. The first-order valence-electron chi connectivity index (χ1n) is 5.37. The standard InChI is InChI=1S/C11H15F2N3/c1-16(10(5-14)7-2-3-7)11-9(13)4-8(12)6-15-11/h4,6-7,10H,2-3,5,14H2,1H3. The molecule has 1 unspecified atom stereocenters. The Morgan fingerprint density at radius 2 is 2.25 bits per heavy atom. The highest BCUT2D eigenvalue weighted by Crippen LogP contribution is 2.36. The van der Waals surface area contributed by atoms with E-state index in [0.29, 0.717) is 12.5 Å². The summed E-state index contributed by atoms with van der Waals surface area (Å²) in [6.07, 6.45) is 3.26. The predicted octanol–water partition coefficient (Wildman–Crippen LogP) is 1.53. The summed E-state index contributed by atoms with van der Waals surface area (Å²) in [5, 5.41) is 0. The van der Waals surface area contributed by atoms with Gasteiger partial charge in [-0.25, -0.2) is 13.8 Å². The average Bonchev–Trinajstić information content (AvgIpc) is 3.02. The fourth-order valence-electron chi connectivity index (χ4n) is 1.97. The van der Waals surface area contributed by atoms with E-state index in [4.69, 9.17) is 5.73 Å². The maximum Gasteiger partial charge on any atom is 0.168 e. The van der Waals surface area contributed by atoms with Crippen LogP contribution in [0.15, 0.2) is 12.3 Å². The molecule has 0 aromatic carbocycles. The summed E-state index contributed by atoms with van der Waals surface area (Å²) >= 11 is 0. The van der Waals surface area contributed by atoms with Gasteiger partial charge in [-0.3, -0.25) is 0 Å². The Labute approximate surface area is 93.3 Å². The Balaban J connectivity index is 2.21. The smallest absolute Gasteiger partial charge is 0.168 e.